The molecule has 7 nitrogen and oxygen atoms in total. The van der Waals surface area contributed by atoms with E-state index in [1.165, 1.54) is 9.89 Å². The fraction of sp³-hybridized carbons (Fsp3) is 0.625. The molecular formula is C16H23N5O2S. The van der Waals surface area contributed by atoms with Crippen molar-refractivity contribution >= 4 is 28.9 Å². The van der Waals surface area contributed by atoms with Crippen LogP contribution in [0.1, 0.15) is 42.3 Å². The summed E-state index contributed by atoms with van der Waals surface area (Å²) in [6.07, 6.45) is 1.58. The lowest BCUT2D eigenvalue weighted by Gasteiger charge is -2.29. The molecule has 24 heavy (non-hydrogen) atoms. The van der Waals surface area contributed by atoms with Crippen molar-refractivity contribution in [2.75, 3.05) is 13.1 Å². The van der Waals surface area contributed by atoms with Crippen molar-refractivity contribution in [3.63, 3.8) is 0 Å². The second-order valence-corrected chi connectivity index (χ2v) is 7.74. The topological polar surface area (TPSA) is 91.9 Å². The minimum Gasteiger partial charge on any atom is -0.331 e. The Hall–Kier alpha value is -1.80. The molecular weight excluding hydrogens is 326 g/mol. The van der Waals surface area contributed by atoms with Crippen LogP contribution in [0.4, 0.5) is 0 Å². The Balaban J connectivity index is 1.73. The summed E-state index contributed by atoms with van der Waals surface area (Å²) in [5, 5.41) is 6.69. The van der Waals surface area contributed by atoms with E-state index in [0.717, 1.165) is 17.1 Å². The van der Waals surface area contributed by atoms with Gasteiger partial charge in [-0.2, -0.15) is 5.10 Å². The number of fused-ring (bicyclic) bond motifs is 1. The number of amides is 2. The first-order valence-corrected chi connectivity index (χ1v) is 9.14. The van der Waals surface area contributed by atoms with Gasteiger partial charge >= 0.3 is 0 Å². The highest BCUT2D eigenvalue weighted by Gasteiger charge is 2.30. The first-order valence-electron chi connectivity index (χ1n) is 8.32. The molecule has 8 heteroatoms. The number of rotatable bonds is 4. The highest BCUT2D eigenvalue weighted by Crippen LogP contribution is 2.25. The SMILES string of the molecule is CC(C)CN1N=C(C(=O)N2CCc3sc(CN)nc3C2)CCC1=O. The number of nitrogens with zero attached hydrogens (tertiary/aromatic N) is 4. The molecule has 0 fully saturated rings. The van der Waals surface area contributed by atoms with Crippen LogP contribution in [0, 0.1) is 5.92 Å². The lowest BCUT2D eigenvalue weighted by molar-refractivity contribution is -0.132. The summed E-state index contributed by atoms with van der Waals surface area (Å²) in [5.74, 6) is 0.229. The van der Waals surface area contributed by atoms with Crippen molar-refractivity contribution in [3.05, 3.63) is 15.6 Å². The summed E-state index contributed by atoms with van der Waals surface area (Å²) < 4.78 is 0. The van der Waals surface area contributed by atoms with Gasteiger partial charge < -0.3 is 10.6 Å². The molecule has 0 bridgehead atoms. The average molecular weight is 349 g/mol. The van der Waals surface area contributed by atoms with Crippen LogP contribution >= 0.6 is 11.3 Å². The summed E-state index contributed by atoms with van der Waals surface area (Å²) in [7, 11) is 0. The lowest BCUT2D eigenvalue weighted by atomic mass is 10.1. The fourth-order valence-corrected chi connectivity index (χ4v) is 3.88. The molecule has 2 aliphatic rings. The minimum absolute atomic E-state index is 0.00623. The Labute approximate surface area is 145 Å². The first-order chi connectivity index (χ1) is 11.5. The molecule has 0 saturated carbocycles. The van der Waals surface area contributed by atoms with Crippen LogP contribution in [0.3, 0.4) is 0 Å². The molecule has 0 unspecified atom stereocenters. The molecule has 0 spiro atoms. The number of carbonyl (C=O) groups excluding carboxylic acids is 2. The molecule has 3 rings (SSSR count). The summed E-state index contributed by atoms with van der Waals surface area (Å²) in [5.41, 5.74) is 7.08. The van der Waals surface area contributed by atoms with Gasteiger partial charge in [0.05, 0.1) is 12.2 Å². The highest BCUT2D eigenvalue weighted by atomic mass is 32.1. The Morgan fingerprint density at radius 3 is 2.83 bits per heavy atom. The van der Waals surface area contributed by atoms with Gasteiger partial charge in [0, 0.05) is 43.8 Å². The summed E-state index contributed by atoms with van der Waals surface area (Å²) in [6.45, 7) is 6.21. The van der Waals surface area contributed by atoms with Crippen LogP contribution in [-0.2, 0) is 29.1 Å². The van der Waals surface area contributed by atoms with E-state index in [4.69, 9.17) is 5.73 Å². The minimum atomic E-state index is -0.0794. The van der Waals surface area contributed by atoms with Crippen LogP contribution < -0.4 is 5.73 Å². The Kier molecular flexibility index (Phi) is 4.96. The second-order valence-electron chi connectivity index (χ2n) is 6.57. The van der Waals surface area contributed by atoms with Crippen LogP contribution in [-0.4, -0.2) is 45.5 Å². The molecule has 1 aromatic heterocycles. The van der Waals surface area contributed by atoms with Gasteiger partial charge in [-0.05, 0) is 5.92 Å². The fourth-order valence-electron chi connectivity index (χ4n) is 2.94. The van der Waals surface area contributed by atoms with Crippen LogP contribution in [0.25, 0.3) is 0 Å². The van der Waals surface area contributed by atoms with E-state index in [1.54, 1.807) is 16.2 Å². The zero-order valence-electron chi connectivity index (χ0n) is 14.1. The molecule has 0 radical (unpaired) electrons. The van der Waals surface area contributed by atoms with Crippen molar-refractivity contribution in [1.82, 2.24) is 14.9 Å². The largest absolute Gasteiger partial charge is 0.331 e. The lowest BCUT2D eigenvalue weighted by Crippen LogP contribution is -2.44. The predicted molar refractivity (Wildman–Crippen MR) is 92.3 cm³/mol. The molecule has 1 aromatic rings. The molecule has 130 valence electrons. The monoisotopic (exact) mass is 349 g/mol. The number of thiazole rings is 1. The molecule has 2 aliphatic heterocycles. The third-order valence-corrected chi connectivity index (χ3v) is 5.30. The van der Waals surface area contributed by atoms with Gasteiger partial charge in [0.2, 0.25) is 5.91 Å². The van der Waals surface area contributed by atoms with Crippen molar-refractivity contribution < 1.29 is 9.59 Å². The van der Waals surface area contributed by atoms with E-state index in [0.29, 0.717) is 50.7 Å². The quantitative estimate of drug-likeness (QED) is 0.882. The first kappa shape index (κ1) is 17.0. The van der Waals surface area contributed by atoms with Crippen LogP contribution in [0.5, 0.6) is 0 Å². The standard InChI is InChI=1S/C16H23N5O2S/c1-10(2)8-21-15(22)4-3-11(19-21)16(23)20-6-5-13-12(9-20)18-14(7-17)24-13/h10H,3-9,17H2,1-2H3. The third kappa shape index (κ3) is 3.49. The Bertz CT molecular complexity index is 682. The summed E-state index contributed by atoms with van der Waals surface area (Å²) in [4.78, 5) is 32.2. The second kappa shape index (κ2) is 6.98. The Morgan fingerprint density at radius 1 is 1.33 bits per heavy atom. The average Bonchev–Trinajstić information content (AvgIpc) is 2.98. The van der Waals surface area contributed by atoms with Gasteiger partial charge in [0.1, 0.15) is 10.7 Å². The number of aromatic nitrogens is 1. The molecule has 2 N–H and O–H groups in total. The molecule has 0 atom stereocenters. The predicted octanol–water partition coefficient (Wildman–Crippen LogP) is 1.12. The third-order valence-electron chi connectivity index (χ3n) is 4.12. The molecule has 3 heterocycles. The van der Waals surface area contributed by atoms with Crippen LogP contribution in [0.2, 0.25) is 0 Å². The molecule has 0 aromatic carbocycles. The van der Waals surface area contributed by atoms with Gasteiger partial charge in [-0.25, -0.2) is 9.99 Å². The maximum absolute atomic E-state index is 12.8. The van der Waals surface area contributed by atoms with E-state index >= 15 is 0 Å². The zero-order chi connectivity index (χ0) is 17.3. The van der Waals surface area contributed by atoms with Crippen molar-refractivity contribution in [2.24, 2.45) is 16.8 Å². The maximum atomic E-state index is 12.8. The normalized spacial score (nSPS) is 18.0. The summed E-state index contributed by atoms with van der Waals surface area (Å²) in [6, 6.07) is 0. The molecule has 0 saturated heterocycles. The van der Waals surface area contributed by atoms with Crippen LogP contribution in [0.15, 0.2) is 5.10 Å². The van der Waals surface area contributed by atoms with E-state index in [1.807, 2.05) is 13.8 Å². The number of hydrogen-bond acceptors (Lipinski definition) is 6. The van der Waals surface area contributed by atoms with Gasteiger partial charge in [-0.3, -0.25) is 9.59 Å². The van der Waals surface area contributed by atoms with Gasteiger partial charge in [0.25, 0.3) is 5.91 Å². The molecule has 0 aliphatic carbocycles. The van der Waals surface area contributed by atoms with E-state index in [-0.39, 0.29) is 11.8 Å². The number of hydrogen-bond donors (Lipinski definition) is 1. The number of nitrogens with two attached hydrogens (primary N) is 1. The van der Waals surface area contributed by atoms with Gasteiger partial charge in [-0.15, -0.1) is 11.3 Å². The van der Waals surface area contributed by atoms with Gasteiger partial charge in [-0.1, -0.05) is 13.8 Å². The smallest absolute Gasteiger partial charge is 0.270 e. The number of carbonyl (C=O) groups is 2. The summed E-state index contributed by atoms with van der Waals surface area (Å²) >= 11 is 1.63. The highest BCUT2D eigenvalue weighted by molar-refractivity contribution is 7.11. The van der Waals surface area contributed by atoms with E-state index in [2.05, 4.69) is 10.1 Å². The molecule has 2 amide bonds. The van der Waals surface area contributed by atoms with Gasteiger partial charge in [0.15, 0.2) is 0 Å². The Morgan fingerprint density at radius 2 is 2.12 bits per heavy atom. The van der Waals surface area contributed by atoms with E-state index in [9.17, 15) is 9.59 Å². The maximum Gasteiger partial charge on any atom is 0.270 e. The van der Waals surface area contributed by atoms with Crippen molar-refractivity contribution in [2.45, 2.75) is 46.2 Å². The number of hydrazone groups is 1. The zero-order valence-corrected chi connectivity index (χ0v) is 14.9. The van der Waals surface area contributed by atoms with Crippen molar-refractivity contribution in [1.29, 1.82) is 0 Å². The van der Waals surface area contributed by atoms with E-state index < -0.39 is 0 Å². The van der Waals surface area contributed by atoms with Crippen molar-refractivity contribution in [3.8, 4) is 0 Å².